The normalized spacial score (nSPS) is 12.8. The van der Waals surface area contributed by atoms with Crippen LogP contribution in [-0.2, 0) is 9.59 Å². The van der Waals surface area contributed by atoms with E-state index in [1.54, 1.807) is 4.90 Å². The Morgan fingerprint density at radius 2 is 1.58 bits per heavy atom. The zero-order chi connectivity index (χ0) is 22.9. The number of amides is 2. The zero-order valence-electron chi connectivity index (χ0n) is 17.7. The van der Waals surface area contributed by atoms with Crippen molar-refractivity contribution in [3.05, 3.63) is 86.7 Å². The molecule has 0 saturated carbocycles. The maximum Gasteiger partial charge on any atom is 0.259 e. The molecular weight excluding hydrogens is 386 g/mol. The number of nitrogens with two attached hydrogens (primary N) is 1. The van der Waals surface area contributed by atoms with Crippen LogP contribution in [0.15, 0.2) is 86.7 Å². The smallest absolute Gasteiger partial charge is 0.259 e. The molecule has 1 heterocycles. The van der Waals surface area contributed by atoms with Gasteiger partial charge in [0.15, 0.2) is 0 Å². The molecule has 1 aliphatic rings. The van der Waals surface area contributed by atoms with Gasteiger partial charge in [-0.25, -0.2) is 0 Å². The number of carbonyl (C=O) groups is 2. The van der Waals surface area contributed by atoms with E-state index in [0.717, 1.165) is 6.42 Å². The lowest BCUT2D eigenvalue weighted by Crippen LogP contribution is -2.47. The summed E-state index contributed by atoms with van der Waals surface area (Å²) in [6.07, 6.45) is 1.40. The van der Waals surface area contributed by atoms with E-state index >= 15 is 0 Å². The molecule has 5 heteroatoms. The van der Waals surface area contributed by atoms with Gasteiger partial charge in [0.25, 0.3) is 5.91 Å². The Balaban J connectivity index is -0.0000000801. The van der Waals surface area contributed by atoms with Crippen LogP contribution < -0.4 is 11.1 Å². The van der Waals surface area contributed by atoms with Crippen LogP contribution in [0.5, 0.6) is 0 Å². The molecule has 0 aromatic carbocycles. The molecule has 178 valence electrons. The van der Waals surface area contributed by atoms with Crippen molar-refractivity contribution in [3.8, 4) is 0 Å². The van der Waals surface area contributed by atoms with Crippen LogP contribution in [0.3, 0.4) is 0 Å². The Kier molecular flexibility index (Phi) is 11.8. The van der Waals surface area contributed by atoms with E-state index in [1.807, 2.05) is 13.8 Å². The summed E-state index contributed by atoms with van der Waals surface area (Å²) in [6.45, 7) is 8.33. The van der Waals surface area contributed by atoms with Gasteiger partial charge >= 0.3 is 0 Å². The summed E-state index contributed by atoms with van der Waals surface area (Å²) in [6, 6.07) is -0.492. The van der Waals surface area contributed by atoms with Gasteiger partial charge in [-0.2, -0.15) is 0 Å². The summed E-state index contributed by atoms with van der Waals surface area (Å²) in [5.41, 5.74) is 38.8. The van der Waals surface area contributed by atoms with Crippen LogP contribution in [0.25, 0.3) is 0 Å². The van der Waals surface area contributed by atoms with Crippen LogP contribution in [0.4, 0.5) is 0 Å². The quantitative estimate of drug-likeness (QED) is 0.460. The van der Waals surface area contributed by atoms with Crippen LogP contribution in [0, 0.1) is 5.92 Å². The summed E-state index contributed by atoms with van der Waals surface area (Å²) >= 11 is 0. The first-order valence-corrected chi connectivity index (χ1v) is 9.71. The van der Waals surface area contributed by atoms with Crippen LogP contribution in [0.2, 0.25) is 0 Å². The molecule has 0 bridgehead atoms. The van der Waals surface area contributed by atoms with Crippen molar-refractivity contribution in [3.63, 3.8) is 0 Å². The van der Waals surface area contributed by atoms with Gasteiger partial charge in [-0.05, 0) is 88.4 Å². The summed E-state index contributed by atoms with van der Waals surface area (Å²) < 4.78 is 0. The van der Waals surface area contributed by atoms with Crippen molar-refractivity contribution < 1.29 is 26.7 Å². The first kappa shape index (κ1) is 24.8. The zero-order valence-corrected chi connectivity index (χ0v) is 17.7. The molecule has 1 rings (SSSR count). The molecule has 0 aromatic heterocycles. The van der Waals surface area contributed by atoms with Crippen LogP contribution >= 0.6 is 0 Å². The average Bonchev–Trinajstić information content (AvgIpc) is 3.24. The Hall–Kier alpha value is -4.22. The van der Waals surface area contributed by atoms with Crippen molar-refractivity contribution >= 4 is 11.8 Å². The van der Waals surface area contributed by atoms with Gasteiger partial charge in [-0.15, -0.1) is 0 Å². The third-order valence-corrected chi connectivity index (χ3v) is 3.98. The Morgan fingerprint density at radius 3 is 2.10 bits per heavy atom. The van der Waals surface area contributed by atoms with Gasteiger partial charge < -0.3 is 16.0 Å². The first-order valence-electron chi connectivity index (χ1n) is 9.71. The number of nitrogens with zero attached hydrogens (tertiary/aromatic N) is 1. The van der Waals surface area contributed by atoms with Crippen molar-refractivity contribution in [1.29, 1.82) is 0 Å². The summed E-state index contributed by atoms with van der Waals surface area (Å²) in [5, 5.41) is 2.75. The van der Waals surface area contributed by atoms with Crippen molar-refractivity contribution in [2.24, 2.45) is 11.7 Å². The molecule has 1 atom stereocenters. The maximum atomic E-state index is 13.0. The molecule has 2 amide bonds. The Bertz CT molecular complexity index is 1240. The molecule has 0 spiro atoms. The minimum atomic E-state index is -0.492. The van der Waals surface area contributed by atoms with E-state index in [-0.39, 0.29) is 34.9 Å². The fourth-order valence-electron chi connectivity index (χ4n) is 2.62. The van der Waals surface area contributed by atoms with E-state index < -0.39 is 6.04 Å². The number of nitrogens with one attached hydrogen (secondary N) is 1. The van der Waals surface area contributed by atoms with Crippen LogP contribution in [0.1, 0.15) is 43.8 Å². The molecule has 0 radical (unpaired) electrons. The van der Waals surface area contributed by atoms with Crippen molar-refractivity contribution in [2.75, 3.05) is 19.6 Å². The molecule has 3 N–H and O–H groups in total. The number of hydrogen-bond donors (Lipinski definition) is 2. The van der Waals surface area contributed by atoms with Crippen molar-refractivity contribution in [2.45, 2.75) is 32.7 Å². The number of hydrogen-bond acceptors (Lipinski definition) is 3. The Morgan fingerprint density at radius 1 is 1.03 bits per heavy atom. The van der Waals surface area contributed by atoms with E-state index in [2.05, 4.69) is 86.4 Å². The Labute approximate surface area is 200 Å². The first-order chi connectivity index (χ1) is 15.0. The summed E-state index contributed by atoms with van der Waals surface area (Å²) in [7, 11) is 0. The molecule has 1 fully saturated rings. The summed E-state index contributed by atoms with van der Waals surface area (Å²) in [4.78, 5) is 26.9. The lowest BCUT2D eigenvalue weighted by molar-refractivity contribution is -0.136. The minimum absolute atomic E-state index is 0. The van der Waals surface area contributed by atoms with E-state index in [1.165, 1.54) is 0 Å². The maximum absolute atomic E-state index is 13.0. The van der Waals surface area contributed by atoms with Gasteiger partial charge in [0.05, 0.1) is 5.57 Å². The largest absolute Gasteiger partial charge is 0.353 e. The number of rotatable bonds is 5. The molecule has 0 aliphatic carbocycles. The highest BCUT2D eigenvalue weighted by Gasteiger charge is 2.35. The standard InChI is InChI=1S/C26H23N3O2.12H2/c1-4-5-6-7-8-9-10-11-12-13-14-15-17-23(22(2)3)26(31)29-21-16-18-24(29)25(30)28-20-19-27;;;;;;;;;;;;/h22,24H,1,16,18-21,27H2,2-3H3,(H,28,30);12*1H. The number of carbonyl (C=O) groups excluding carboxylic acids is 2. The third-order valence-electron chi connectivity index (χ3n) is 3.98. The molecular formula is C26H47N3O2. The van der Waals surface area contributed by atoms with Crippen molar-refractivity contribution in [1.82, 2.24) is 10.2 Å². The molecule has 31 heavy (non-hydrogen) atoms. The monoisotopic (exact) mass is 433 g/mol. The second-order valence-electron chi connectivity index (χ2n) is 6.48. The predicted octanol–water partition coefficient (Wildman–Crippen LogP) is 5.23. The fourth-order valence-corrected chi connectivity index (χ4v) is 2.62. The van der Waals surface area contributed by atoms with E-state index in [0.29, 0.717) is 31.6 Å². The molecule has 1 aliphatic heterocycles. The van der Waals surface area contributed by atoms with Crippen LogP contribution in [-0.4, -0.2) is 42.4 Å². The average molecular weight is 434 g/mol. The second-order valence-corrected chi connectivity index (χ2v) is 6.48. The van der Waals surface area contributed by atoms with Gasteiger partial charge in [-0.3, -0.25) is 9.59 Å². The molecule has 0 aromatic rings. The number of likely N-dealkylation sites (tertiary alicyclic amines) is 1. The van der Waals surface area contributed by atoms with E-state index in [9.17, 15) is 9.59 Å². The molecule has 1 unspecified atom stereocenters. The van der Waals surface area contributed by atoms with Gasteiger partial charge in [0.1, 0.15) is 6.04 Å². The van der Waals surface area contributed by atoms with Gasteiger partial charge in [0, 0.05) is 36.8 Å². The minimum Gasteiger partial charge on any atom is -0.353 e. The topological polar surface area (TPSA) is 75.4 Å². The lowest BCUT2D eigenvalue weighted by atomic mass is 10.0. The highest BCUT2D eigenvalue weighted by Crippen LogP contribution is 2.22. The molecule has 1 saturated heterocycles. The third kappa shape index (κ3) is 9.21. The van der Waals surface area contributed by atoms with Gasteiger partial charge in [0.2, 0.25) is 5.91 Å². The summed E-state index contributed by atoms with van der Waals surface area (Å²) in [5.74, 6) is -0.519. The van der Waals surface area contributed by atoms with E-state index in [4.69, 9.17) is 5.73 Å². The SMILES string of the molecule is C=C=C=C=C=C=C=C=C=C=C=C=C=C=C(C(=O)N1CCCC1C(=O)NCCN)C(C)C.[HH].[HH].[HH].[HH].[HH].[HH].[HH].[HH].[HH].[HH].[HH].[HH]. The second kappa shape index (κ2) is 14.7. The van der Waals surface area contributed by atoms with Gasteiger partial charge in [-0.1, -0.05) is 25.3 Å². The lowest BCUT2D eigenvalue weighted by Gasteiger charge is -2.25. The highest BCUT2D eigenvalue weighted by molar-refractivity contribution is 5.97. The molecule has 5 nitrogen and oxygen atoms in total. The highest BCUT2D eigenvalue weighted by atomic mass is 16.2. The predicted molar refractivity (Wildman–Crippen MR) is 142 cm³/mol. The fraction of sp³-hybridized carbons (Fsp3) is 0.346.